The number of halogens is 4. The molecule has 0 aliphatic heterocycles. The molecule has 0 fully saturated rings. The molecule has 5 nitrogen and oxygen atoms in total. The van der Waals surface area contributed by atoms with Crippen LogP contribution in [-0.4, -0.2) is 25.0 Å². The van der Waals surface area contributed by atoms with Crippen LogP contribution in [0.2, 0.25) is 0 Å². The van der Waals surface area contributed by atoms with Crippen molar-refractivity contribution in [1.82, 2.24) is 9.97 Å². The smallest absolute Gasteiger partial charge is 0.418 e. The van der Waals surface area contributed by atoms with Crippen molar-refractivity contribution in [2.45, 2.75) is 17.0 Å². The van der Waals surface area contributed by atoms with Gasteiger partial charge in [-0.25, -0.2) is 13.4 Å². The molecule has 3 aromatic rings. The third-order valence-electron chi connectivity index (χ3n) is 4.10. The highest BCUT2D eigenvalue weighted by atomic mass is 32.2. The monoisotopic (exact) mass is 452 g/mol. The van der Waals surface area contributed by atoms with E-state index in [4.69, 9.17) is 4.74 Å². The van der Waals surface area contributed by atoms with Crippen molar-refractivity contribution < 1.29 is 30.7 Å². The first-order valence-electron chi connectivity index (χ1n) is 8.87. The van der Waals surface area contributed by atoms with Gasteiger partial charge in [0.25, 0.3) is 0 Å². The summed E-state index contributed by atoms with van der Waals surface area (Å²) >= 11 is 0. The highest BCUT2D eigenvalue weighted by Gasteiger charge is 2.35. The molecule has 31 heavy (non-hydrogen) atoms. The third kappa shape index (κ3) is 5.26. The number of para-hydroxylation sites is 1. The van der Waals surface area contributed by atoms with Crippen LogP contribution in [-0.2, 0) is 21.8 Å². The lowest BCUT2D eigenvalue weighted by Crippen LogP contribution is -2.13. The minimum absolute atomic E-state index is 0.0415. The van der Waals surface area contributed by atoms with E-state index in [-0.39, 0.29) is 23.6 Å². The number of ether oxygens (including phenoxy) is 1. The number of alkyl halides is 3. The molecule has 0 amide bonds. The van der Waals surface area contributed by atoms with Crippen LogP contribution in [0.3, 0.4) is 0 Å². The Morgan fingerprint density at radius 1 is 1.00 bits per heavy atom. The second-order valence-electron chi connectivity index (χ2n) is 6.35. The molecular weight excluding hydrogens is 436 g/mol. The number of aromatic nitrogens is 2. The Hall–Kier alpha value is -3.27. The highest BCUT2D eigenvalue weighted by molar-refractivity contribution is 7.90. The lowest BCUT2D eigenvalue weighted by Gasteiger charge is -2.16. The Morgan fingerprint density at radius 2 is 1.74 bits per heavy atom. The molecule has 0 N–H and O–H groups in total. The molecule has 0 aliphatic rings. The molecule has 0 atom stereocenters. The average Bonchev–Trinajstić information content (AvgIpc) is 2.71. The summed E-state index contributed by atoms with van der Waals surface area (Å²) in [5, 5.41) is -0.537. The molecular formula is C21H16F4N2O3S. The van der Waals surface area contributed by atoms with E-state index >= 15 is 0 Å². The predicted molar refractivity (Wildman–Crippen MR) is 105 cm³/mol. The van der Waals surface area contributed by atoms with E-state index in [0.29, 0.717) is 0 Å². The van der Waals surface area contributed by atoms with Crippen LogP contribution in [0.5, 0.6) is 5.75 Å². The van der Waals surface area contributed by atoms with Crippen LogP contribution in [0.15, 0.2) is 72.3 Å². The molecule has 0 spiro atoms. The van der Waals surface area contributed by atoms with Gasteiger partial charge in [-0.2, -0.15) is 17.6 Å². The Kier molecular flexibility index (Phi) is 6.40. The van der Waals surface area contributed by atoms with Crippen molar-refractivity contribution in [1.29, 1.82) is 0 Å². The molecule has 0 unspecified atom stereocenters. The zero-order chi connectivity index (χ0) is 22.6. The fourth-order valence-electron chi connectivity index (χ4n) is 2.78. The zero-order valence-corrected chi connectivity index (χ0v) is 16.8. The molecule has 0 aliphatic carbocycles. The Labute approximate surface area is 176 Å². The van der Waals surface area contributed by atoms with Crippen LogP contribution in [0.25, 0.3) is 11.3 Å². The Balaban J connectivity index is 2.10. The fourth-order valence-corrected chi connectivity index (χ4v) is 3.99. The first-order chi connectivity index (χ1) is 14.6. The summed E-state index contributed by atoms with van der Waals surface area (Å²) in [6, 6.07) is 10.9. The highest BCUT2D eigenvalue weighted by Crippen LogP contribution is 2.39. The van der Waals surface area contributed by atoms with E-state index in [2.05, 4.69) is 16.5 Å². The molecule has 1 aromatic carbocycles. The second kappa shape index (κ2) is 8.84. The van der Waals surface area contributed by atoms with E-state index in [1.54, 1.807) is 6.07 Å². The van der Waals surface area contributed by atoms with Gasteiger partial charge in [-0.05, 0) is 36.4 Å². The Bertz CT molecular complexity index is 1210. The summed E-state index contributed by atoms with van der Waals surface area (Å²) in [6.07, 6.45) is -3.31. The van der Waals surface area contributed by atoms with Crippen LogP contribution in [0.1, 0.15) is 11.3 Å². The molecule has 2 aromatic heterocycles. The van der Waals surface area contributed by atoms with Crippen molar-refractivity contribution in [3.8, 4) is 17.0 Å². The quantitative estimate of drug-likeness (QED) is 0.292. The average molecular weight is 452 g/mol. The maximum absolute atomic E-state index is 13.6. The summed E-state index contributed by atoms with van der Waals surface area (Å²) < 4.78 is 84.8. The van der Waals surface area contributed by atoms with Gasteiger partial charge in [-0.3, -0.25) is 4.98 Å². The summed E-state index contributed by atoms with van der Waals surface area (Å²) in [6.45, 7) is 3.56. The topological polar surface area (TPSA) is 69.2 Å². The van der Waals surface area contributed by atoms with E-state index in [0.717, 1.165) is 24.3 Å². The van der Waals surface area contributed by atoms with Gasteiger partial charge in [0.05, 0.1) is 22.7 Å². The predicted octanol–water partition coefficient (Wildman–Crippen LogP) is 4.84. The lowest BCUT2D eigenvalue weighted by atomic mass is 10.0. The van der Waals surface area contributed by atoms with Crippen molar-refractivity contribution in [3.63, 3.8) is 0 Å². The van der Waals surface area contributed by atoms with Crippen LogP contribution in [0.4, 0.5) is 17.6 Å². The first-order valence-corrected chi connectivity index (χ1v) is 10.5. The van der Waals surface area contributed by atoms with Crippen molar-refractivity contribution in [3.05, 3.63) is 84.5 Å². The largest absolute Gasteiger partial charge is 0.489 e. The normalized spacial score (nSPS) is 11.9. The standard InChI is InChI=1S/C21H16F4N2O3S/c1-2-12-30-17-7-4-3-6-15(17)20-16(21(23,24)25)11-10-14(26-20)13-31(28,29)19-9-5-8-18(22)27-19/h2-11H,1,12-13H2. The maximum atomic E-state index is 13.6. The van der Waals surface area contributed by atoms with E-state index in [1.807, 2.05) is 0 Å². The molecule has 2 heterocycles. The van der Waals surface area contributed by atoms with E-state index in [1.165, 1.54) is 30.3 Å². The van der Waals surface area contributed by atoms with Crippen molar-refractivity contribution in [2.75, 3.05) is 6.61 Å². The fraction of sp³-hybridized carbons (Fsp3) is 0.143. The van der Waals surface area contributed by atoms with Gasteiger partial charge < -0.3 is 4.74 Å². The third-order valence-corrected chi connectivity index (χ3v) is 5.64. The molecule has 0 saturated carbocycles. The summed E-state index contributed by atoms with van der Waals surface area (Å²) in [5.74, 6) is -1.62. The molecule has 0 bridgehead atoms. The molecule has 0 radical (unpaired) electrons. The van der Waals surface area contributed by atoms with Crippen LogP contribution >= 0.6 is 0 Å². The minimum atomic E-state index is -4.74. The van der Waals surface area contributed by atoms with Gasteiger partial charge in [0.15, 0.2) is 5.03 Å². The van der Waals surface area contributed by atoms with Crippen molar-refractivity contribution in [2.24, 2.45) is 0 Å². The van der Waals surface area contributed by atoms with Gasteiger partial charge in [-0.1, -0.05) is 30.9 Å². The summed E-state index contributed by atoms with van der Waals surface area (Å²) in [7, 11) is -4.15. The van der Waals surface area contributed by atoms with E-state index < -0.39 is 44.0 Å². The number of hydrogen-bond acceptors (Lipinski definition) is 5. The molecule has 3 rings (SSSR count). The van der Waals surface area contributed by atoms with Gasteiger partial charge in [0.2, 0.25) is 15.8 Å². The van der Waals surface area contributed by atoms with Crippen LogP contribution < -0.4 is 4.74 Å². The maximum Gasteiger partial charge on any atom is 0.418 e. The zero-order valence-electron chi connectivity index (χ0n) is 15.9. The first kappa shape index (κ1) is 22.4. The summed E-state index contributed by atoms with van der Waals surface area (Å²) in [4.78, 5) is 7.32. The van der Waals surface area contributed by atoms with Gasteiger partial charge in [-0.15, -0.1) is 0 Å². The number of sulfone groups is 1. The van der Waals surface area contributed by atoms with Crippen LogP contribution in [0, 0.1) is 5.95 Å². The number of nitrogens with zero attached hydrogens (tertiary/aromatic N) is 2. The summed E-state index contributed by atoms with van der Waals surface area (Å²) in [5.41, 5.74) is -1.65. The minimum Gasteiger partial charge on any atom is -0.489 e. The van der Waals surface area contributed by atoms with E-state index in [9.17, 15) is 26.0 Å². The number of rotatable bonds is 7. The SMILES string of the molecule is C=CCOc1ccccc1-c1nc(CS(=O)(=O)c2cccc(F)n2)ccc1C(F)(F)F. The molecule has 162 valence electrons. The molecule has 0 saturated heterocycles. The molecule has 10 heteroatoms. The number of hydrogen-bond donors (Lipinski definition) is 0. The van der Waals surface area contributed by atoms with Gasteiger partial charge >= 0.3 is 6.18 Å². The lowest BCUT2D eigenvalue weighted by molar-refractivity contribution is -0.137. The Morgan fingerprint density at radius 3 is 2.42 bits per heavy atom. The van der Waals surface area contributed by atoms with Crippen molar-refractivity contribution >= 4 is 9.84 Å². The van der Waals surface area contributed by atoms with Gasteiger partial charge in [0.1, 0.15) is 12.4 Å². The second-order valence-corrected chi connectivity index (χ2v) is 8.29. The van der Waals surface area contributed by atoms with Gasteiger partial charge in [0, 0.05) is 5.56 Å². The number of pyridine rings is 2. The number of benzene rings is 1.